The van der Waals surface area contributed by atoms with Gasteiger partial charge in [-0.25, -0.2) is 0 Å². The predicted molar refractivity (Wildman–Crippen MR) is 63.8 cm³/mol. The average molecular weight is 211 g/mol. The first-order valence-corrected chi connectivity index (χ1v) is 6.20. The highest BCUT2D eigenvalue weighted by Gasteiger charge is 2.40. The van der Waals surface area contributed by atoms with E-state index in [4.69, 9.17) is 5.73 Å². The third-order valence-corrected chi connectivity index (χ3v) is 4.50. The smallest absolute Gasteiger partial charge is 0.0277 e. The van der Waals surface area contributed by atoms with Gasteiger partial charge in [0.1, 0.15) is 0 Å². The number of hydrogen-bond donors (Lipinski definition) is 1. The minimum absolute atomic E-state index is 0.326. The van der Waals surface area contributed by atoms with Crippen molar-refractivity contribution in [2.75, 3.05) is 33.2 Å². The zero-order valence-electron chi connectivity index (χ0n) is 10.4. The molecule has 2 N–H and O–H groups in total. The Balaban J connectivity index is 1.95. The lowest BCUT2D eigenvalue weighted by Gasteiger charge is -2.52. The van der Waals surface area contributed by atoms with E-state index in [0.717, 1.165) is 18.5 Å². The van der Waals surface area contributed by atoms with Crippen LogP contribution >= 0.6 is 0 Å². The van der Waals surface area contributed by atoms with Crippen molar-refractivity contribution in [1.82, 2.24) is 9.80 Å². The molecule has 0 aromatic carbocycles. The van der Waals surface area contributed by atoms with Crippen LogP contribution in [0.1, 0.15) is 26.7 Å². The average Bonchev–Trinajstić information content (AvgIpc) is 2.10. The summed E-state index contributed by atoms with van der Waals surface area (Å²) >= 11 is 0. The van der Waals surface area contributed by atoms with Crippen LogP contribution in [-0.4, -0.2) is 54.6 Å². The summed E-state index contributed by atoms with van der Waals surface area (Å²) in [6.45, 7) is 9.18. The van der Waals surface area contributed by atoms with Gasteiger partial charge in [-0.1, -0.05) is 0 Å². The molecule has 0 spiro atoms. The van der Waals surface area contributed by atoms with Crippen LogP contribution in [-0.2, 0) is 0 Å². The van der Waals surface area contributed by atoms with Gasteiger partial charge in [0.05, 0.1) is 0 Å². The van der Waals surface area contributed by atoms with Crippen LogP contribution in [0.15, 0.2) is 0 Å². The molecule has 0 aromatic heterocycles. The Morgan fingerprint density at radius 3 is 2.47 bits per heavy atom. The molecule has 1 heterocycles. The molecule has 2 aliphatic rings. The van der Waals surface area contributed by atoms with E-state index >= 15 is 0 Å². The molecule has 88 valence electrons. The van der Waals surface area contributed by atoms with Crippen LogP contribution in [0.2, 0.25) is 0 Å². The molecule has 2 unspecified atom stereocenters. The van der Waals surface area contributed by atoms with Crippen molar-refractivity contribution in [2.24, 2.45) is 11.7 Å². The Kier molecular flexibility index (Phi) is 3.06. The number of nitrogens with zero attached hydrogens (tertiary/aromatic N) is 2. The molecule has 2 atom stereocenters. The lowest BCUT2D eigenvalue weighted by molar-refractivity contribution is -0.0256. The van der Waals surface area contributed by atoms with Crippen molar-refractivity contribution in [1.29, 1.82) is 0 Å². The summed E-state index contributed by atoms with van der Waals surface area (Å²) < 4.78 is 0. The Labute approximate surface area is 93.6 Å². The normalized spacial score (nSPS) is 37.6. The highest BCUT2D eigenvalue weighted by atomic mass is 15.3. The molecular formula is C12H25N3. The Hall–Kier alpha value is -0.120. The predicted octanol–water partition coefficient (Wildman–Crippen LogP) is 0.750. The quantitative estimate of drug-likeness (QED) is 0.731. The minimum Gasteiger partial charge on any atom is -0.330 e. The summed E-state index contributed by atoms with van der Waals surface area (Å²) in [5.41, 5.74) is 6.12. The molecule has 0 bridgehead atoms. The van der Waals surface area contributed by atoms with E-state index in [1.165, 1.54) is 32.5 Å². The molecule has 0 radical (unpaired) electrons. The second kappa shape index (κ2) is 4.04. The molecular weight excluding hydrogens is 186 g/mol. The number of hydrogen-bond acceptors (Lipinski definition) is 3. The van der Waals surface area contributed by atoms with Crippen LogP contribution in [0, 0.1) is 5.92 Å². The first kappa shape index (κ1) is 11.4. The molecule has 1 saturated carbocycles. The van der Waals surface area contributed by atoms with Crippen molar-refractivity contribution in [3.8, 4) is 0 Å². The fraction of sp³-hybridized carbons (Fsp3) is 1.00. The number of rotatable bonds is 2. The lowest BCUT2D eigenvalue weighted by Crippen LogP contribution is -2.63. The summed E-state index contributed by atoms with van der Waals surface area (Å²) in [5, 5.41) is 0. The maximum absolute atomic E-state index is 5.79. The highest BCUT2D eigenvalue weighted by molar-refractivity contribution is 4.96. The standard InChI is InChI=1S/C12H25N3/c1-12(2)9-15(7-6-14(12)3)11-5-4-10(11)8-13/h10-11H,4-9,13H2,1-3H3. The first-order chi connectivity index (χ1) is 7.04. The molecule has 2 rings (SSSR count). The Bertz CT molecular complexity index is 225. The summed E-state index contributed by atoms with van der Waals surface area (Å²) in [6, 6.07) is 0.781. The van der Waals surface area contributed by atoms with Gasteiger partial charge in [-0.2, -0.15) is 0 Å². The van der Waals surface area contributed by atoms with Crippen molar-refractivity contribution in [3.63, 3.8) is 0 Å². The maximum Gasteiger partial charge on any atom is 0.0277 e. The molecule has 1 aliphatic carbocycles. The molecule has 1 saturated heterocycles. The lowest BCUT2D eigenvalue weighted by atomic mass is 9.77. The van der Waals surface area contributed by atoms with Crippen molar-refractivity contribution in [2.45, 2.75) is 38.3 Å². The van der Waals surface area contributed by atoms with Crippen molar-refractivity contribution >= 4 is 0 Å². The molecule has 3 nitrogen and oxygen atoms in total. The fourth-order valence-electron chi connectivity index (χ4n) is 2.87. The Morgan fingerprint density at radius 1 is 1.27 bits per heavy atom. The Morgan fingerprint density at radius 2 is 2.00 bits per heavy atom. The summed E-state index contributed by atoms with van der Waals surface area (Å²) in [6.07, 6.45) is 2.70. The number of nitrogens with two attached hydrogens (primary N) is 1. The fourth-order valence-corrected chi connectivity index (χ4v) is 2.87. The second-order valence-corrected chi connectivity index (χ2v) is 5.84. The third-order valence-electron chi connectivity index (χ3n) is 4.50. The molecule has 15 heavy (non-hydrogen) atoms. The molecule has 3 heteroatoms. The SMILES string of the molecule is CN1CCN(C2CCC2CN)CC1(C)C. The van der Waals surface area contributed by atoms with Crippen molar-refractivity contribution in [3.05, 3.63) is 0 Å². The van der Waals surface area contributed by atoms with Gasteiger partial charge in [-0.3, -0.25) is 9.80 Å². The van der Waals surface area contributed by atoms with Gasteiger partial charge in [0.25, 0.3) is 0 Å². The van der Waals surface area contributed by atoms with Gasteiger partial charge in [-0.15, -0.1) is 0 Å². The summed E-state index contributed by atoms with van der Waals surface area (Å²) in [5.74, 6) is 0.768. The van der Waals surface area contributed by atoms with Gasteiger partial charge in [0.15, 0.2) is 0 Å². The number of piperazine rings is 1. The van der Waals surface area contributed by atoms with Crippen LogP contribution in [0.3, 0.4) is 0 Å². The van der Waals surface area contributed by atoms with E-state index in [2.05, 4.69) is 30.7 Å². The van der Waals surface area contributed by atoms with Gasteiger partial charge in [0, 0.05) is 31.2 Å². The van der Waals surface area contributed by atoms with Gasteiger partial charge in [0.2, 0.25) is 0 Å². The summed E-state index contributed by atoms with van der Waals surface area (Å²) in [4.78, 5) is 5.14. The topological polar surface area (TPSA) is 32.5 Å². The third kappa shape index (κ3) is 2.05. The minimum atomic E-state index is 0.326. The van der Waals surface area contributed by atoms with Gasteiger partial charge >= 0.3 is 0 Å². The molecule has 2 fully saturated rings. The first-order valence-electron chi connectivity index (χ1n) is 6.20. The monoisotopic (exact) mass is 211 g/mol. The van der Waals surface area contributed by atoms with E-state index in [0.29, 0.717) is 5.54 Å². The second-order valence-electron chi connectivity index (χ2n) is 5.84. The van der Waals surface area contributed by atoms with Crippen LogP contribution < -0.4 is 5.73 Å². The maximum atomic E-state index is 5.79. The van der Waals surface area contributed by atoms with Gasteiger partial charge in [-0.05, 0) is 46.2 Å². The van der Waals surface area contributed by atoms with Crippen LogP contribution in [0.25, 0.3) is 0 Å². The van der Waals surface area contributed by atoms with Crippen LogP contribution in [0.4, 0.5) is 0 Å². The van der Waals surface area contributed by atoms with Crippen molar-refractivity contribution < 1.29 is 0 Å². The van der Waals surface area contributed by atoms with Crippen LogP contribution in [0.5, 0.6) is 0 Å². The zero-order chi connectivity index (χ0) is 11.1. The number of likely N-dealkylation sites (N-methyl/N-ethyl adjacent to an activating group) is 1. The molecule has 0 amide bonds. The molecule has 0 aromatic rings. The van der Waals surface area contributed by atoms with E-state index in [-0.39, 0.29) is 0 Å². The zero-order valence-corrected chi connectivity index (χ0v) is 10.4. The van der Waals surface area contributed by atoms with E-state index < -0.39 is 0 Å². The van der Waals surface area contributed by atoms with E-state index in [1.807, 2.05) is 0 Å². The highest BCUT2D eigenvalue weighted by Crippen LogP contribution is 2.34. The van der Waals surface area contributed by atoms with Gasteiger partial charge < -0.3 is 5.73 Å². The summed E-state index contributed by atoms with van der Waals surface area (Å²) in [7, 11) is 2.23. The van der Waals surface area contributed by atoms with E-state index in [1.54, 1.807) is 0 Å². The molecule has 1 aliphatic heterocycles. The largest absolute Gasteiger partial charge is 0.330 e. The van der Waals surface area contributed by atoms with E-state index in [9.17, 15) is 0 Å².